The zero-order valence-electron chi connectivity index (χ0n) is 17.1. The van der Waals surface area contributed by atoms with Crippen molar-refractivity contribution in [3.63, 3.8) is 0 Å². The molecule has 7 heteroatoms. The highest BCUT2D eigenvalue weighted by atomic mass is 127. The molecule has 0 radical (unpaired) electrons. The van der Waals surface area contributed by atoms with Gasteiger partial charge in [-0.25, -0.2) is 9.97 Å². The molecular formula is C25H20IN3O2S. The van der Waals surface area contributed by atoms with E-state index in [0.29, 0.717) is 11.5 Å². The van der Waals surface area contributed by atoms with Crippen LogP contribution < -0.4 is 5.32 Å². The zero-order valence-corrected chi connectivity index (χ0v) is 20.1. The summed E-state index contributed by atoms with van der Waals surface area (Å²) >= 11 is 3.83. The van der Waals surface area contributed by atoms with Crippen molar-refractivity contribution in [1.82, 2.24) is 9.97 Å². The van der Waals surface area contributed by atoms with Gasteiger partial charge in [0.1, 0.15) is 5.69 Å². The van der Waals surface area contributed by atoms with E-state index >= 15 is 0 Å². The Hall–Kier alpha value is -2.62. The molecule has 2 aromatic carbocycles. The van der Waals surface area contributed by atoms with Crippen molar-refractivity contribution >= 4 is 45.7 Å². The molecule has 32 heavy (non-hydrogen) atoms. The third kappa shape index (κ3) is 4.32. The summed E-state index contributed by atoms with van der Waals surface area (Å²) in [6, 6.07) is 17.9. The van der Waals surface area contributed by atoms with Crippen LogP contribution >= 0.6 is 33.9 Å². The number of nitrogens with zero attached hydrogens (tertiary/aromatic N) is 2. The number of thiophene rings is 1. The average Bonchev–Trinajstić information content (AvgIpc) is 3.34. The summed E-state index contributed by atoms with van der Waals surface area (Å²) in [5, 5.41) is 14.5. The number of nitrogens with one attached hydrogen (secondary N) is 1. The van der Waals surface area contributed by atoms with Gasteiger partial charge in [0.25, 0.3) is 0 Å². The maximum Gasteiger partial charge on any atom is 0.230 e. The SMILES string of the molecule is O=C(Cc1ccc(I)cc1)Nc1nc2c(nc1-c1cccs1)-c1ccc(CO)cc1CC2. The molecule has 2 aromatic heterocycles. The van der Waals surface area contributed by atoms with Gasteiger partial charge < -0.3 is 10.4 Å². The lowest BCUT2D eigenvalue weighted by molar-refractivity contribution is -0.115. The van der Waals surface area contributed by atoms with E-state index in [-0.39, 0.29) is 18.9 Å². The minimum atomic E-state index is -0.109. The molecule has 0 fully saturated rings. The Balaban J connectivity index is 1.51. The van der Waals surface area contributed by atoms with Crippen molar-refractivity contribution in [2.75, 3.05) is 5.32 Å². The summed E-state index contributed by atoms with van der Waals surface area (Å²) in [6.45, 7) is 0.0256. The monoisotopic (exact) mass is 553 g/mol. The Morgan fingerprint density at radius 1 is 1.03 bits per heavy atom. The first-order valence-electron chi connectivity index (χ1n) is 10.3. The molecule has 2 N–H and O–H groups in total. The largest absolute Gasteiger partial charge is 0.392 e. The van der Waals surface area contributed by atoms with Crippen LogP contribution in [0.4, 0.5) is 5.82 Å². The molecule has 1 aliphatic rings. The smallest absolute Gasteiger partial charge is 0.230 e. The van der Waals surface area contributed by atoms with Crippen LogP contribution in [-0.4, -0.2) is 21.0 Å². The molecule has 0 saturated heterocycles. The summed E-state index contributed by atoms with van der Waals surface area (Å²) in [5.74, 6) is 0.402. The van der Waals surface area contributed by atoms with Crippen LogP contribution in [0, 0.1) is 3.57 Å². The number of rotatable bonds is 5. The van der Waals surface area contributed by atoms with Crippen molar-refractivity contribution in [1.29, 1.82) is 0 Å². The Morgan fingerprint density at radius 3 is 2.59 bits per heavy atom. The van der Waals surface area contributed by atoms with E-state index in [4.69, 9.17) is 9.97 Å². The predicted octanol–water partition coefficient (Wildman–Crippen LogP) is 5.25. The van der Waals surface area contributed by atoms with Gasteiger partial charge in [0, 0.05) is 9.13 Å². The Kier molecular flexibility index (Phi) is 6.03. The molecule has 0 atom stereocenters. The van der Waals surface area contributed by atoms with Gasteiger partial charge in [0.05, 0.1) is 29.3 Å². The van der Waals surface area contributed by atoms with Gasteiger partial charge in [0.2, 0.25) is 5.91 Å². The number of carbonyl (C=O) groups excluding carboxylic acids is 1. The fourth-order valence-electron chi connectivity index (χ4n) is 3.93. The summed E-state index contributed by atoms with van der Waals surface area (Å²) in [7, 11) is 0. The molecule has 5 rings (SSSR count). The first-order valence-corrected chi connectivity index (χ1v) is 12.3. The van der Waals surface area contributed by atoms with Crippen molar-refractivity contribution < 1.29 is 9.90 Å². The van der Waals surface area contributed by atoms with Gasteiger partial charge >= 0.3 is 0 Å². The molecule has 1 amide bonds. The second-order valence-corrected chi connectivity index (χ2v) is 9.89. The third-order valence-corrected chi connectivity index (χ3v) is 7.09. The number of hydrogen-bond acceptors (Lipinski definition) is 5. The molecule has 2 heterocycles. The van der Waals surface area contributed by atoms with E-state index in [0.717, 1.165) is 49.4 Å². The molecule has 4 aromatic rings. The van der Waals surface area contributed by atoms with Gasteiger partial charge in [-0.15, -0.1) is 11.3 Å². The molecule has 0 saturated carbocycles. The number of amides is 1. The van der Waals surface area contributed by atoms with E-state index in [9.17, 15) is 9.90 Å². The molecule has 160 valence electrons. The van der Waals surface area contributed by atoms with Crippen LogP contribution in [0.3, 0.4) is 0 Å². The van der Waals surface area contributed by atoms with Crippen molar-refractivity contribution in [3.05, 3.63) is 85.9 Å². The number of anilines is 1. The molecule has 0 aliphatic heterocycles. The summed E-state index contributed by atoms with van der Waals surface area (Å²) in [6.07, 6.45) is 1.86. The first kappa shape index (κ1) is 21.2. The van der Waals surface area contributed by atoms with Crippen molar-refractivity contribution in [2.45, 2.75) is 25.9 Å². The normalized spacial score (nSPS) is 12.2. The Labute approximate surface area is 203 Å². The second-order valence-electron chi connectivity index (χ2n) is 7.69. The van der Waals surface area contributed by atoms with Gasteiger partial charge in [-0.2, -0.15) is 0 Å². The molecule has 5 nitrogen and oxygen atoms in total. The van der Waals surface area contributed by atoms with E-state index in [1.165, 1.54) is 5.56 Å². The van der Waals surface area contributed by atoms with Crippen LogP contribution in [0.5, 0.6) is 0 Å². The van der Waals surface area contributed by atoms with Gasteiger partial charge in [-0.05, 0) is 75.7 Å². The summed E-state index contributed by atoms with van der Waals surface area (Å²) < 4.78 is 1.14. The summed E-state index contributed by atoms with van der Waals surface area (Å²) in [4.78, 5) is 23.6. The van der Waals surface area contributed by atoms with Crippen LogP contribution in [0.2, 0.25) is 0 Å². The van der Waals surface area contributed by atoms with Crippen LogP contribution in [0.1, 0.15) is 22.4 Å². The molecule has 0 spiro atoms. The number of aromatic nitrogens is 2. The number of aliphatic hydroxyl groups excluding tert-OH is 1. The number of fused-ring (bicyclic) bond motifs is 3. The van der Waals surface area contributed by atoms with Gasteiger partial charge in [0.15, 0.2) is 5.82 Å². The van der Waals surface area contributed by atoms with Crippen LogP contribution in [0.15, 0.2) is 60.0 Å². The molecular weight excluding hydrogens is 533 g/mol. The maximum absolute atomic E-state index is 12.8. The minimum absolute atomic E-state index is 0.0256. The van der Waals surface area contributed by atoms with Crippen molar-refractivity contribution in [2.24, 2.45) is 0 Å². The van der Waals surface area contributed by atoms with E-state index < -0.39 is 0 Å². The highest BCUT2D eigenvalue weighted by Crippen LogP contribution is 2.37. The minimum Gasteiger partial charge on any atom is -0.392 e. The lowest BCUT2D eigenvalue weighted by atomic mass is 9.90. The quantitative estimate of drug-likeness (QED) is 0.331. The highest BCUT2D eigenvalue weighted by Gasteiger charge is 2.23. The first-order chi connectivity index (χ1) is 15.6. The van der Waals surface area contributed by atoms with Crippen molar-refractivity contribution in [3.8, 4) is 21.8 Å². The van der Waals surface area contributed by atoms with E-state index in [1.54, 1.807) is 11.3 Å². The molecule has 0 bridgehead atoms. The van der Waals surface area contributed by atoms with Gasteiger partial charge in [-0.3, -0.25) is 4.79 Å². The zero-order chi connectivity index (χ0) is 22.1. The number of benzene rings is 2. The van der Waals surface area contributed by atoms with E-state index in [2.05, 4.69) is 27.9 Å². The Bertz CT molecular complexity index is 1290. The maximum atomic E-state index is 12.8. The van der Waals surface area contributed by atoms with Gasteiger partial charge in [-0.1, -0.05) is 36.4 Å². The Morgan fingerprint density at radius 2 is 1.84 bits per heavy atom. The topological polar surface area (TPSA) is 75.1 Å². The fraction of sp³-hybridized carbons (Fsp3) is 0.160. The predicted molar refractivity (Wildman–Crippen MR) is 136 cm³/mol. The number of carbonyl (C=O) groups is 1. The number of aliphatic hydroxyl groups is 1. The second kappa shape index (κ2) is 9.09. The third-order valence-electron chi connectivity index (χ3n) is 5.50. The lowest BCUT2D eigenvalue weighted by Gasteiger charge is -2.21. The van der Waals surface area contributed by atoms with Crippen LogP contribution in [0.25, 0.3) is 21.8 Å². The van der Waals surface area contributed by atoms with E-state index in [1.807, 2.05) is 60.0 Å². The number of halogens is 1. The van der Waals surface area contributed by atoms with Crippen LogP contribution in [-0.2, 0) is 30.7 Å². The fourth-order valence-corrected chi connectivity index (χ4v) is 5.01. The number of hydrogen-bond donors (Lipinski definition) is 2. The highest BCUT2D eigenvalue weighted by molar-refractivity contribution is 14.1. The standard InChI is InChI=1S/C25H20IN3O2S/c26-18-7-3-15(4-8-18)13-22(31)28-25-24(21-2-1-11-32-21)29-23-19-9-5-16(14-30)12-17(19)6-10-20(23)27-25/h1-5,7-9,11-12,30H,6,10,13-14H2,(H,27,28,31). The average molecular weight is 553 g/mol. The lowest BCUT2D eigenvalue weighted by Crippen LogP contribution is -2.18. The summed E-state index contributed by atoms with van der Waals surface area (Å²) in [5.41, 5.74) is 6.51. The molecule has 1 aliphatic carbocycles. The molecule has 0 unspecified atom stereocenters. The number of aryl methyl sites for hydroxylation is 2.